The summed E-state index contributed by atoms with van der Waals surface area (Å²) < 4.78 is 56.2. The van der Waals surface area contributed by atoms with Gasteiger partial charge in [-0.2, -0.15) is 18.6 Å². The maximum atomic E-state index is 13.1. The van der Waals surface area contributed by atoms with Crippen molar-refractivity contribution in [3.05, 3.63) is 82.2 Å². The summed E-state index contributed by atoms with van der Waals surface area (Å²) in [4.78, 5) is 20.7. The van der Waals surface area contributed by atoms with Crippen molar-refractivity contribution in [3.63, 3.8) is 0 Å². The molecule has 0 aliphatic rings. The van der Waals surface area contributed by atoms with Gasteiger partial charge in [0.1, 0.15) is 10.6 Å². The van der Waals surface area contributed by atoms with Crippen LogP contribution in [0.25, 0.3) is 17.0 Å². The molecule has 19 nitrogen and oxygen atoms in total. The summed E-state index contributed by atoms with van der Waals surface area (Å²) in [6.07, 6.45) is 2.86. The monoisotopic (exact) mass is 1010 g/mol. The molecule has 0 saturated heterocycles. The number of hydrazine groups is 1. The molecular weight excluding hydrogens is 937 g/mol. The highest BCUT2D eigenvalue weighted by Crippen LogP contribution is 2.39. The molecule has 3 N–H and O–H groups in total. The maximum absolute atomic E-state index is 13.1. The van der Waals surface area contributed by atoms with E-state index in [2.05, 4.69) is 135 Å². The molecule has 69 heavy (non-hydrogen) atoms. The second-order valence-corrected chi connectivity index (χ2v) is 32.7. The van der Waals surface area contributed by atoms with Crippen LogP contribution >= 0.6 is 0 Å². The third-order valence-electron chi connectivity index (χ3n) is 11.9. The van der Waals surface area contributed by atoms with E-state index in [1.54, 1.807) is 24.3 Å². The second kappa shape index (κ2) is 22.0. The van der Waals surface area contributed by atoms with Gasteiger partial charge in [0.25, 0.3) is 5.88 Å². The number of hydrogen-bond donors (Lipinski definition) is 3. The van der Waals surface area contributed by atoms with Gasteiger partial charge in [0.05, 0.1) is 24.9 Å². The summed E-state index contributed by atoms with van der Waals surface area (Å²) in [6.45, 7) is 38.3. The third kappa shape index (κ3) is 14.7. The number of hydrogen-bond acceptors (Lipinski definition) is 16. The molecule has 6 rings (SSSR count). The molecule has 5 heterocycles. The Labute approximate surface area is 409 Å². The largest absolute Gasteiger partial charge is 0.409 e. The molecule has 0 radical (unpaired) electrons. The molecule has 22 heteroatoms. The smallest absolute Gasteiger partial charge is 0.340 e. The molecule has 0 fully saturated rings. The number of anilines is 1. The summed E-state index contributed by atoms with van der Waals surface area (Å²) in [5.41, 5.74) is 9.31. The molecule has 0 aliphatic carbocycles. The third-order valence-corrected chi connectivity index (χ3v) is 22.1. The van der Waals surface area contributed by atoms with Gasteiger partial charge in [-0.1, -0.05) is 119 Å². The van der Waals surface area contributed by atoms with E-state index in [1.807, 2.05) is 34.6 Å². The van der Waals surface area contributed by atoms with Crippen molar-refractivity contribution in [2.24, 2.45) is 0 Å². The Bertz CT molecular complexity index is 2750. The van der Waals surface area contributed by atoms with Crippen LogP contribution in [0.5, 0.6) is 5.88 Å². The van der Waals surface area contributed by atoms with Crippen molar-refractivity contribution in [3.8, 4) is 17.4 Å². The fraction of sp³-hybridized carbons (Fsp3) is 0.532. The molecule has 6 aromatic rings. The van der Waals surface area contributed by atoms with Crippen LogP contribution in [0.3, 0.4) is 0 Å². The zero-order chi connectivity index (χ0) is 51.3. The summed E-state index contributed by atoms with van der Waals surface area (Å²) in [5.74, 6) is 1.88. The minimum atomic E-state index is -4.13. The van der Waals surface area contributed by atoms with E-state index in [0.29, 0.717) is 52.8 Å². The average molecular weight is 1010 g/mol. The summed E-state index contributed by atoms with van der Waals surface area (Å²) in [6, 6.07) is 9.88. The SMILES string of the molecule is C.CC(C)(C)[Si](C)(C)OCc1cc(NNC=O)no1.Cc1[nH]nc(C=O)c1C(C)(C)C.Cc1ccc(S(=O)(=O)Oc2nn3c(-c4cc(CO[Si](C)(C)C(C)(C)C)on4)nncc3c2C(C)(C)C)cc1. The molecule has 0 bridgehead atoms. The lowest BCUT2D eigenvalue weighted by molar-refractivity contribution is -0.109. The number of H-pyrrole nitrogens is 1. The van der Waals surface area contributed by atoms with Gasteiger partial charge in [-0.25, -0.2) is 4.52 Å². The van der Waals surface area contributed by atoms with Crippen molar-refractivity contribution in [2.75, 3.05) is 5.43 Å². The molecular formula is C47H74N10O9SSi2. The molecule has 5 aromatic heterocycles. The Hall–Kier alpha value is -5.56. The average Bonchev–Trinajstić information content (AvgIpc) is 4.03. The Morgan fingerprint density at radius 2 is 1.32 bits per heavy atom. The van der Waals surface area contributed by atoms with E-state index in [1.165, 1.54) is 22.8 Å². The van der Waals surface area contributed by atoms with Crippen LogP contribution in [0.4, 0.5) is 5.82 Å². The van der Waals surface area contributed by atoms with Crippen LogP contribution in [-0.4, -0.2) is 78.1 Å². The van der Waals surface area contributed by atoms with Gasteiger partial charge in [0, 0.05) is 29.0 Å². The lowest BCUT2D eigenvalue weighted by Gasteiger charge is -2.35. The number of amides is 1. The number of nitrogens with one attached hydrogen (secondary N) is 3. The topological polar surface area (TPSA) is 244 Å². The minimum Gasteiger partial charge on any atom is -0.409 e. The number of nitrogens with zero attached hydrogens (tertiary/aromatic N) is 7. The number of rotatable bonds is 14. The summed E-state index contributed by atoms with van der Waals surface area (Å²) >= 11 is 0. The minimum absolute atomic E-state index is 0. The first kappa shape index (κ1) is 57.8. The molecule has 380 valence electrons. The molecule has 0 atom stereocenters. The van der Waals surface area contributed by atoms with Crippen molar-refractivity contribution in [1.82, 2.24) is 45.7 Å². The van der Waals surface area contributed by atoms with E-state index in [-0.39, 0.29) is 46.1 Å². The van der Waals surface area contributed by atoms with Crippen molar-refractivity contribution < 1.29 is 40.1 Å². The summed E-state index contributed by atoms with van der Waals surface area (Å²) in [5, 5.41) is 27.7. The predicted octanol–water partition coefficient (Wildman–Crippen LogP) is 10.4. The highest BCUT2D eigenvalue weighted by molar-refractivity contribution is 7.87. The zero-order valence-electron chi connectivity index (χ0n) is 42.8. The normalized spacial score (nSPS) is 12.6. The van der Waals surface area contributed by atoms with E-state index >= 15 is 0 Å². The van der Waals surface area contributed by atoms with E-state index in [9.17, 15) is 18.0 Å². The van der Waals surface area contributed by atoms with Crippen LogP contribution < -0.4 is 15.0 Å². The molecule has 0 saturated carbocycles. The zero-order valence-corrected chi connectivity index (χ0v) is 45.6. The first-order valence-corrected chi connectivity index (χ1v) is 29.4. The van der Waals surface area contributed by atoms with Crippen LogP contribution in [0.1, 0.15) is 135 Å². The van der Waals surface area contributed by atoms with E-state index in [4.69, 9.17) is 22.1 Å². The Morgan fingerprint density at radius 3 is 1.81 bits per heavy atom. The number of benzene rings is 1. The van der Waals surface area contributed by atoms with Crippen molar-refractivity contribution in [2.45, 2.75) is 170 Å². The van der Waals surface area contributed by atoms with Gasteiger partial charge in [0.2, 0.25) is 12.2 Å². The van der Waals surface area contributed by atoms with Gasteiger partial charge >= 0.3 is 10.1 Å². The summed E-state index contributed by atoms with van der Waals surface area (Å²) in [7, 11) is -7.90. The Kier molecular flexibility index (Phi) is 18.4. The van der Waals surface area contributed by atoms with Crippen LogP contribution in [0, 0.1) is 13.8 Å². The number of aromatic nitrogens is 8. The van der Waals surface area contributed by atoms with Gasteiger partial charge in [0.15, 0.2) is 46.0 Å². The lowest BCUT2D eigenvalue weighted by atomic mass is 9.85. The second-order valence-electron chi connectivity index (χ2n) is 21.6. The fourth-order valence-corrected chi connectivity index (χ4v) is 8.86. The van der Waals surface area contributed by atoms with Crippen LogP contribution in [-0.2, 0) is 47.8 Å². The fourth-order valence-electron chi connectivity index (χ4n) is 6.10. The van der Waals surface area contributed by atoms with Gasteiger partial charge in [-0.3, -0.25) is 25.5 Å². The lowest BCUT2D eigenvalue weighted by Crippen LogP contribution is -2.40. The maximum Gasteiger partial charge on any atom is 0.340 e. The number of aromatic amines is 1. The molecule has 1 aromatic carbocycles. The van der Waals surface area contributed by atoms with E-state index in [0.717, 1.165) is 23.1 Å². The number of fused-ring (bicyclic) bond motifs is 1. The standard InChI is InChI=1S/C26H35N5O5SSi.C11H21N3O3Si.C9H14N2O.CH4/c1-17-10-12-19(13-11-17)37(32,33)36-24-22(25(2,3)4)21-15-27-28-23(31(21)29-24)20-14-18(35-30-20)16-34-38(8,9)26(5,6)7;1-11(2,3)18(4,5)16-7-9-6-10(14-17-9)13-12-8-15;1-6-8(9(2,3)4)7(5-12)11-10-6;/h10-15H,16H2,1-9H3;6,8H,7H2,1-5H3,(H,12,15)(H,13,14);5H,1-4H3,(H,10,11);1H4. The quantitative estimate of drug-likeness (QED) is 0.0397. The number of carbonyl (C=O) groups excluding carboxylic acids is 2. The first-order chi connectivity index (χ1) is 31.2. The van der Waals surface area contributed by atoms with Crippen molar-refractivity contribution in [1.29, 1.82) is 0 Å². The predicted molar refractivity (Wildman–Crippen MR) is 271 cm³/mol. The highest BCUT2D eigenvalue weighted by Gasteiger charge is 2.39. The van der Waals surface area contributed by atoms with E-state index < -0.39 is 32.2 Å². The van der Waals surface area contributed by atoms with Gasteiger partial charge in [-0.15, -0.1) is 10.2 Å². The number of aldehydes is 1. The molecule has 1 amide bonds. The Morgan fingerprint density at radius 1 is 0.783 bits per heavy atom. The van der Waals surface area contributed by atoms with Crippen LogP contribution in [0.15, 0.2) is 56.5 Å². The Balaban J connectivity index is 0.000000335. The van der Waals surface area contributed by atoms with Crippen LogP contribution in [0.2, 0.25) is 36.3 Å². The number of aryl methyl sites for hydroxylation is 2. The van der Waals surface area contributed by atoms with Gasteiger partial charge < -0.3 is 22.1 Å². The highest BCUT2D eigenvalue weighted by atomic mass is 32.2. The molecule has 0 unspecified atom stereocenters. The van der Waals surface area contributed by atoms with Crippen molar-refractivity contribution >= 4 is 50.8 Å². The van der Waals surface area contributed by atoms with Gasteiger partial charge in [-0.05, 0) is 73.1 Å². The molecule has 0 aliphatic heterocycles. The molecule has 0 spiro atoms. The first-order valence-electron chi connectivity index (χ1n) is 22.1. The number of carbonyl (C=O) groups is 2.